The summed E-state index contributed by atoms with van der Waals surface area (Å²) >= 11 is 1.43. The number of hydrogen-bond donors (Lipinski definition) is 1. The van der Waals surface area contributed by atoms with E-state index in [1.165, 1.54) is 16.9 Å². The Morgan fingerprint density at radius 2 is 1.74 bits per heavy atom. The summed E-state index contributed by atoms with van der Waals surface area (Å²) in [6.07, 6.45) is 1.75. The zero-order chi connectivity index (χ0) is 21.6. The van der Waals surface area contributed by atoms with E-state index in [4.69, 9.17) is 4.74 Å². The minimum absolute atomic E-state index is 0.0768. The summed E-state index contributed by atoms with van der Waals surface area (Å²) in [7, 11) is 0. The first-order chi connectivity index (χ1) is 15.2. The van der Waals surface area contributed by atoms with Gasteiger partial charge >= 0.3 is 0 Å². The number of phenols is 1. The van der Waals surface area contributed by atoms with Gasteiger partial charge in [-0.25, -0.2) is 4.98 Å². The van der Waals surface area contributed by atoms with Crippen LogP contribution in [0.3, 0.4) is 0 Å². The predicted molar refractivity (Wildman–Crippen MR) is 126 cm³/mol. The molecular weight excluding hydrogens is 404 g/mol. The fourth-order valence-electron chi connectivity index (χ4n) is 3.19. The lowest BCUT2D eigenvalue weighted by Gasteiger charge is -2.06. The smallest absolute Gasteiger partial charge is 0.161 e. The third-order valence-electron chi connectivity index (χ3n) is 4.74. The van der Waals surface area contributed by atoms with Crippen molar-refractivity contribution in [2.24, 2.45) is 0 Å². The summed E-state index contributed by atoms with van der Waals surface area (Å²) in [5.41, 5.74) is 5.38. The molecule has 5 heteroatoms. The summed E-state index contributed by atoms with van der Waals surface area (Å²) in [5, 5.41) is 22.2. The van der Waals surface area contributed by atoms with Crippen LogP contribution in [0.25, 0.3) is 34.0 Å². The minimum atomic E-state index is 0.0768. The van der Waals surface area contributed by atoms with Crippen molar-refractivity contribution in [1.82, 2.24) is 4.98 Å². The molecule has 0 bridgehead atoms. The van der Waals surface area contributed by atoms with Gasteiger partial charge in [0, 0.05) is 10.9 Å². The Morgan fingerprint density at radius 3 is 2.45 bits per heavy atom. The molecule has 0 aliphatic heterocycles. The third-order valence-corrected chi connectivity index (χ3v) is 5.61. The van der Waals surface area contributed by atoms with Crippen molar-refractivity contribution in [1.29, 1.82) is 5.26 Å². The fraction of sp³-hybridized carbons (Fsp3) is 0.0769. The molecule has 4 aromatic rings. The highest BCUT2D eigenvalue weighted by atomic mass is 32.1. The molecule has 0 radical (unpaired) electrons. The Balaban J connectivity index is 1.59. The molecule has 1 N–H and O–H groups in total. The Labute approximate surface area is 185 Å². The highest BCUT2D eigenvalue weighted by Gasteiger charge is 2.11. The summed E-state index contributed by atoms with van der Waals surface area (Å²) in [6, 6.07) is 25.7. The van der Waals surface area contributed by atoms with Gasteiger partial charge < -0.3 is 9.84 Å². The van der Waals surface area contributed by atoms with E-state index in [1.807, 2.05) is 42.6 Å². The molecule has 0 spiro atoms. The van der Waals surface area contributed by atoms with Crippen LogP contribution in [-0.4, -0.2) is 16.7 Å². The minimum Gasteiger partial charge on any atom is -0.504 e. The number of ether oxygens (including phenoxy) is 1. The van der Waals surface area contributed by atoms with Crippen molar-refractivity contribution in [2.45, 2.75) is 6.92 Å². The molecule has 0 atom stereocenters. The summed E-state index contributed by atoms with van der Waals surface area (Å²) in [4.78, 5) is 4.67. The van der Waals surface area contributed by atoms with Crippen molar-refractivity contribution in [3.8, 4) is 40.0 Å². The number of benzene rings is 3. The van der Waals surface area contributed by atoms with E-state index in [0.29, 0.717) is 22.9 Å². The molecule has 31 heavy (non-hydrogen) atoms. The lowest BCUT2D eigenvalue weighted by molar-refractivity contribution is 0.318. The lowest BCUT2D eigenvalue weighted by Crippen LogP contribution is -1.92. The molecule has 152 valence electrons. The van der Waals surface area contributed by atoms with E-state index >= 15 is 0 Å². The van der Waals surface area contributed by atoms with Crippen molar-refractivity contribution in [3.63, 3.8) is 0 Å². The topological polar surface area (TPSA) is 66.1 Å². The maximum atomic E-state index is 9.88. The zero-order valence-electron chi connectivity index (χ0n) is 16.9. The Bertz CT molecular complexity index is 1250. The van der Waals surface area contributed by atoms with Crippen LogP contribution in [0.5, 0.6) is 11.5 Å². The van der Waals surface area contributed by atoms with Gasteiger partial charge in [0.1, 0.15) is 11.1 Å². The molecule has 4 rings (SSSR count). The number of thiazole rings is 1. The molecule has 0 saturated heterocycles. The van der Waals surface area contributed by atoms with Gasteiger partial charge in [0.05, 0.1) is 17.9 Å². The van der Waals surface area contributed by atoms with E-state index in [0.717, 1.165) is 22.4 Å². The van der Waals surface area contributed by atoms with Crippen molar-refractivity contribution in [2.75, 3.05) is 6.61 Å². The highest BCUT2D eigenvalue weighted by molar-refractivity contribution is 7.11. The number of nitriles is 1. The van der Waals surface area contributed by atoms with Crippen LogP contribution in [0.15, 0.2) is 78.2 Å². The molecule has 1 heterocycles. The predicted octanol–water partition coefficient (Wildman–Crippen LogP) is 6.65. The van der Waals surface area contributed by atoms with E-state index < -0.39 is 0 Å². The van der Waals surface area contributed by atoms with Crippen LogP contribution >= 0.6 is 11.3 Å². The van der Waals surface area contributed by atoms with Crippen LogP contribution in [-0.2, 0) is 0 Å². The zero-order valence-corrected chi connectivity index (χ0v) is 17.8. The number of rotatable bonds is 6. The van der Waals surface area contributed by atoms with Gasteiger partial charge in [0.2, 0.25) is 0 Å². The highest BCUT2D eigenvalue weighted by Crippen LogP contribution is 2.31. The molecule has 0 saturated carbocycles. The van der Waals surface area contributed by atoms with Gasteiger partial charge in [-0.2, -0.15) is 5.26 Å². The van der Waals surface area contributed by atoms with Crippen LogP contribution in [0.2, 0.25) is 0 Å². The van der Waals surface area contributed by atoms with Gasteiger partial charge in [0.15, 0.2) is 11.5 Å². The van der Waals surface area contributed by atoms with Gasteiger partial charge in [0.25, 0.3) is 0 Å². The average molecular weight is 425 g/mol. The number of allylic oxidation sites excluding steroid dienone is 1. The summed E-state index contributed by atoms with van der Waals surface area (Å²) < 4.78 is 5.43. The van der Waals surface area contributed by atoms with E-state index in [2.05, 4.69) is 35.3 Å². The number of phenolic OH excluding ortho intramolecular Hbond substituents is 1. The molecule has 0 unspecified atom stereocenters. The fourth-order valence-corrected chi connectivity index (χ4v) is 3.99. The van der Waals surface area contributed by atoms with Crippen molar-refractivity contribution >= 4 is 23.0 Å². The number of aromatic hydroxyl groups is 1. The first kappa shape index (κ1) is 20.4. The van der Waals surface area contributed by atoms with E-state index in [-0.39, 0.29) is 5.75 Å². The SMILES string of the molecule is CCOc1cc(/C=C(/C#N)c2nc(-c3ccc(-c4ccccc4)cc3)cs2)ccc1O. The molecule has 0 fully saturated rings. The van der Waals surface area contributed by atoms with Crippen molar-refractivity contribution < 1.29 is 9.84 Å². The largest absolute Gasteiger partial charge is 0.504 e. The first-order valence-corrected chi connectivity index (χ1v) is 10.7. The molecule has 3 aromatic carbocycles. The quantitative estimate of drug-likeness (QED) is 0.352. The molecular formula is C26H20N2O2S. The maximum absolute atomic E-state index is 9.88. The second-order valence-corrected chi connectivity index (χ2v) is 7.67. The summed E-state index contributed by atoms with van der Waals surface area (Å²) in [5.74, 6) is 0.472. The Morgan fingerprint density at radius 1 is 1.03 bits per heavy atom. The number of nitrogens with zero attached hydrogens (tertiary/aromatic N) is 2. The van der Waals surface area contributed by atoms with E-state index in [1.54, 1.807) is 24.3 Å². The standard InChI is InChI=1S/C26H20N2O2S/c1-2-30-25-15-18(8-13-24(25)29)14-22(16-27)26-28-23(17-31-26)21-11-9-20(10-12-21)19-6-4-3-5-7-19/h3-15,17,29H,2H2,1H3/b22-14-. The van der Waals surface area contributed by atoms with Gasteiger partial charge in [-0.3, -0.25) is 0 Å². The first-order valence-electron chi connectivity index (χ1n) is 9.87. The van der Waals surface area contributed by atoms with Crippen LogP contribution in [0.4, 0.5) is 0 Å². The molecule has 0 aliphatic rings. The Kier molecular flexibility index (Phi) is 6.11. The lowest BCUT2D eigenvalue weighted by atomic mass is 10.0. The monoisotopic (exact) mass is 424 g/mol. The Hall–Kier alpha value is -3.88. The van der Waals surface area contributed by atoms with Gasteiger partial charge in [-0.05, 0) is 41.8 Å². The van der Waals surface area contributed by atoms with Gasteiger partial charge in [-0.1, -0.05) is 60.7 Å². The van der Waals surface area contributed by atoms with Crippen LogP contribution < -0.4 is 4.74 Å². The average Bonchev–Trinajstić information content (AvgIpc) is 3.30. The molecule has 0 amide bonds. The van der Waals surface area contributed by atoms with Crippen LogP contribution in [0, 0.1) is 11.3 Å². The second kappa shape index (κ2) is 9.29. The van der Waals surface area contributed by atoms with E-state index in [9.17, 15) is 10.4 Å². The molecule has 4 nitrogen and oxygen atoms in total. The summed E-state index contributed by atoms with van der Waals surface area (Å²) in [6.45, 7) is 2.30. The maximum Gasteiger partial charge on any atom is 0.161 e. The van der Waals surface area contributed by atoms with Crippen molar-refractivity contribution in [3.05, 3.63) is 88.7 Å². The number of hydrogen-bond acceptors (Lipinski definition) is 5. The van der Waals surface area contributed by atoms with Crippen LogP contribution in [0.1, 0.15) is 17.5 Å². The molecule has 1 aromatic heterocycles. The normalized spacial score (nSPS) is 11.2. The number of aromatic nitrogens is 1. The van der Waals surface area contributed by atoms with Gasteiger partial charge in [-0.15, -0.1) is 11.3 Å². The molecule has 0 aliphatic carbocycles. The second-order valence-electron chi connectivity index (χ2n) is 6.81. The third kappa shape index (κ3) is 4.66.